The predicted molar refractivity (Wildman–Crippen MR) is 97.1 cm³/mol. The first kappa shape index (κ1) is 19.1. The summed E-state index contributed by atoms with van der Waals surface area (Å²) >= 11 is 0. The first-order chi connectivity index (χ1) is 12.5. The number of fused-ring (bicyclic) bond motifs is 1. The Morgan fingerprint density at radius 2 is 1.81 bits per heavy atom. The second-order valence-electron chi connectivity index (χ2n) is 5.69. The average Bonchev–Trinajstić information content (AvgIpc) is 2.64. The molecular formula is C19H20N2O5. The largest absolute Gasteiger partial charge is 0.481 e. The number of nitrogens with zero attached hydrogens (tertiary/aromatic N) is 1. The molecule has 0 spiro atoms. The summed E-state index contributed by atoms with van der Waals surface area (Å²) in [5.74, 6) is -1.08. The van der Waals surface area contributed by atoms with Gasteiger partial charge in [0.05, 0.1) is 19.2 Å². The van der Waals surface area contributed by atoms with Crippen LogP contribution in [-0.4, -0.2) is 35.8 Å². The van der Waals surface area contributed by atoms with Crippen LogP contribution < -0.4 is 5.43 Å². The van der Waals surface area contributed by atoms with E-state index in [4.69, 9.17) is 5.11 Å². The number of methoxy groups -OCH3 is 1. The minimum atomic E-state index is -0.937. The first-order valence-electron chi connectivity index (χ1n) is 8.13. The van der Waals surface area contributed by atoms with Crippen molar-refractivity contribution in [3.8, 4) is 0 Å². The Morgan fingerprint density at radius 1 is 1.08 bits per heavy atom. The normalized spacial score (nSPS) is 11.2. The number of ether oxygens (including phenoxy) is 1. The molecule has 26 heavy (non-hydrogen) atoms. The molecule has 7 nitrogen and oxygen atoms in total. The van der Waals surface area contributed by atoms with Crippen molar-refractivity contribution in [3.05, 3.63) is 48.0 Å². The molecule has 0 bridgehead atoms. The lowest BCUT2D eigenvalue weighted by molar-refractivity contribution is -0.137. The van der Waals surface area contributed by atoms with Gasteiger partial charge in [-0.1, -0.05) is 36.4 Å². The van der Waals surface area contributed by atoms with Gasteiger partial charge < -0.3 is 9.84 Å². The highest BCUT2D eigenvalue weighted by Crippen LogP contribution is 2.17. The fourth-order valence-electron chi connectivity index (χ4n) is 2.45. The van der Waals surface area contributed by atoms with Gasteiger partial charge in [-0.3, -0.25) is 9.59 Å². The molecule has 2 rings (SSSR count). The molecule has 0 aromatic heterocycles. The number of carboxylic acids is 1. The number of rotatable bonds is 8. The maximum Gasteiger partial charge on any atom is 0.427 e. The number of aliphatic carboxylic acids is 1. The van der Waals surface area contributed by atoms with Crippen LogP contribution in [0.15, 0.2) is 47.6 Å². The predicted octanol–water partition coefficient (Wildman–Crippen LogP) is 3.11. The number of ketones is 1. The van der Waals surface area contributed by atoms with Gasteiger partial charge in [-0.05, 0) is 28.8 Å². The molecule has 0 saturated heterocycles. The van der Waals surface area contributed by atoms with Crippen molar-refractivity contribution in [2.75, 3.05) is 7.11 Å². The van der Waals surface area contributed by atoms with Crippen molar-refractivity contribution in [1.29, 1.82) is 0 Å². The molecule has 0 saturated carbocycles. The van der Waals surface area contributed by atoms with E-state index in [1.807, 2.05) is 42.5 Å². The number of carbonyl (C=O) groups excluding carboxylic acids is 2. The van der Waals surface area contributed by atoms with Gasteiger partial charge in [0.1, 0.15) is 5.78 Å². The van der Waals surface area contributed by atoms with Crippen LogP contribution in [-0.2, 0) is 14.3 Å². The summed E-state index contributed by atoms with van der Waals surface area (Å²) < 4.78 is 4.50. The zero-order valence-electron chi connectivity index (χ0n) is 14.4. The third kappa shape index (κ3) is 5.70. The van der Waals surface area contributed by atoms with Crippen molar-refractivity contribution in [1.82, 2.24) is 5.43 Å². The quantitative estimate of drug-likeness (QED) is 0.558. The second-order valence-corrected chi connectivity index (χ2v) is 5.69. The number of nitrogens with one attached hydrogen (secondary N) is 1. The summed E-state index contributed by atoms with van der Waals surface area (Å²) in [7, 11) is 1.22. The van der Waals surface area contributed by atoms with Crippen molar-refractivity contribution < 1.29 is 24.2 Å². The Hall–Kier alpha value is -3.22. The third-order valence-corrected chi connectivity index (χ3v) is 3.76. The monoisotopic (exact) mass is 356 g/mol. The molecule has 2 aromatic rings. The van der Waals surface area contributed by atoms with Gasteiger partial charge in [-0.25, -0.2) is 10.2 Å². The van der Waals surface area contributed by atoms with Crippen LogP contribution in [0.2, 0.25) is 0 Å². The number of carboxylic acid groups (broad SMARTS) is 1. The maximum absolute atomic E-state index is 12.2. The highest BCUT2D eigenvalue weighted by atomic mass is 16.5. The van der Waals surface area contributed by atoms with E-state index >= 15 is 0 Å². The number of carbonyl (C=O) groups is 3. The standard InChI is InChI=1S/C19H20N2O5/c1-26-19(25)21-20-17(12-16(22)7-4-8-18(23)24)15-10-9-13-5-2-3-6-14(13)11-15/h2-3,5-6,9-11H,4,7-8,12H2,1H3,(H,21,25)(H,23,24)/b20-17+. The van der Waals surface area contributed by atoms with E-state index in [0.717, 1.165) is 10.8 Å². The van der Waals surface area contributed by atoms with Gasteiger partial charge in [0, 0.05) is 12.8 Å². The van der Waals surface area contributed by atoms with Crippen molar-refractivity contribution >= 4 is 34.3 Å². The summed E-state index contributed by atoms with van der Waals surface area (Å²) in [6.45, 7) is 0. The molecule has 0 aliphatic rings. The third-order valence-electron chi connectivity index (χ3n) is 3.76. The van der Waals surface area contributed by atoms with E-state index in [9.17, 15) is 14.4 Å². The Balaban J connectivity index is 2.20. The molecule has 136 valence electrons. The Morgan fingerprint density at radius 3 is 2.50 bits per heavy atom. The number of hydrazone groups is 1. The molecule has 0 aliphatic carbocycles. The van der Waals surface area contributed by atoms with Crippen LogP contribution in [0.3, 0.4) is 0 Å². The maximum atomic E-state index is 12.2. The summed E-state index contributed by atoms with van der Waals surface area (Å²) in [6.07, 6.45) is -0.404. The van der Waals surface area contributed by atoms with E-state index in [-0.39, 0.29) is 31.5 Å². The zero-order valence-corrected chi connectivity index (χ0v) is 14.4. The number of amides is 1. The van der Waals surface area contributed by atoms with E-state index in [1.54, 1.807) is 0 Å². The molecule has 0 aliphatic heterocycles. The van der Waals surface area contributed by atoms with Gasteiger partial charge in [0.25, 0.3) is 0 Å². The molecule has 0 atom stereocenters. The van der Waals surface area contributed by atoms with Gasteiger partial charge >= 0.3 is 12.1 Å². The van der Waals surface area contributed by atoms with Crippen LogP contribution in [0.1, 0.15) is 31.2 Å². The highest BCUT2D eigenvalue weighted by Gasteiger charge is 2.13. The van der Waals surface area contributed by atoms with Gasteiger partial charge in [0.2, 0.25) is 0 Å². The van der Waals surface area contributed by atoms with Crippen LogP contribution in [0, 0.1) is 0 Å². The minimum Gasteiger partial charge on any atom is -0.481 e. The lowest BCUT2D eigenvalue weighted by Gasteiger charge is -2.08. The minimum absolute atomic E-state index is 0.0120. The first-order valence-corrected chi connectivity index (χ1v) is 8.13. The molecule has 2 N–H and O–H groups in total. The lowest BCUT2D eigenvalue weighted by atomic mass is 9.99. The smallest absolute Gasteiger partial charge is 0.427 e. The highest BCUT2D eigenvalue weighted by molar-refractivity contribution is 6.12. The van der Waals surface area contributed by atoms with Crippen LogP contribution in [0.25, 0.3) is 10.8 Å². The Bertz CT molecular complexity index is 845. The van der Waals surface area contributed by atoms with E-state index in [1.165, 1.54) is 7.11 Å². The van der Waals surface area contributed by atoms with Crippen molar-refractivity contribution in [2.24, 2.45) is 5.10 Å². The fourth-order valence-corrected chi connectivity index (χ4v) is 2.45. The summed E-state index contributed by atoms with van der Waals surface area (Å²) in [6, 6.07) is 13.4. The van der Waals surface area contributed by atoms with E-state index in [2.05, 4.69) is 15.3 Å². The van der Waals surface area contributed by atoms with E-state index in [0.29, 0.717) is 11.3 Å². The lowest BCUT2D eigenvalue weighted by Crippen LogP contribution is -2.21. The molecule has 0 radical (unpaired) electrons. The molecule has 7 heteroatoms. The van der Waals surface area contributed by atoms with Crippen LogP contribution in [0.4, 0.5) is 4.79 Å². The van der Waals surface area contributed by atoms with Gasteiger partial charge in [-0.15, -0.1) is 0 Å². The molecule has 1 amide bonds. The zero-order chi connectivity index (χ0) is 18.9. The number of Topliss-reactive ketones (excluding diaryl/α,β-unsaturated/α-hetero) is 1. The Kier molecular flexibility index (Phi) is 6.84. The van der Waals surface area contributed by atoms with Crippen LogP contribution in [0.5, 0.6) is 0 Å². The number of benzene rings is 2. The second kappa shape index (κ2) is 9.31. The van der Waals surface area contributed by atoms with Crippen LogP contribution >= 0.6 is 0 Å². The average molecular weight is 356 g/mol. The molecular weight excluding hydrogens is 336 g/mol. The summed E-state index contributed by atoms with van der Waals surface area (Å²) in [5.41, 5.74) is 3.33. The number of hydrogen-bond donors (Lipinski definition) is 2. The molecule has 0 fully saturated rings. The SMILES string of the molecule is COC(=O)N/N=C(\CC(=O)CCCC(=O)O)c1ccc2ccccc2c1. The Labute approximate surface area is 150 Å². The topological polar surface area (TPSA) is 105 Å². The van der Waals surface area contributed by atoms with Crippen molar-refractivity contribution in [3.63, 3.8) is 0 Å². The fraction of sp³-hybridized carbons (Fsp3) is 0.263. The molecule has 0 heterocycles. The van der Waals surface area contributed by atoms with Crippen molar-refractivity contribution in [2.45, 2.75) is 25.7 Å². The van der Waals surface area contributed by atoms with Gasteiger partial charge in [-0.2, -0.15) is 5.10 Å². The molecule has 0 unspecified atom stereocenters. The van der Waals surface area contributed by atoms with Gasteiger partial charge in [0.15, 0.2) is 0 Å². The summed E-state index contributed by atoms with van der Waals surface area (Å²) in [5, 5.41) is 14.7. The number of hydrogen-bond acceptors (Lipinski definition) is 5. The molecule has 2 aromatic carbocycles. The van der Waals surface area contributed by atoms with E-state index < -0.39 is 12.1 Å². The summed E-state index contributed by atoms with van der Waals surface area (Å²) in [4.78, 5) is 34.0.